The molecule has 0 spiro atoms. The fourth-order valence-electron chi connectivity index (χ4n) is 1.68. The van der Waals surface area contributed by atoms with Crippen LogP contribution in [0.3, 0.4) is 0 Å². The second kappa shape index (κ2) is 5.14. The van der Waals surface area contributed by atoms with Gasteiger partial charge in [0, 0.05) is 23.9 Å². The maximum atomic E-state index is 12.0. The van der Waals surface area contributed by atoms with Crippen LogP contribution in [0.15, 0.2) is 28.5 Å². The molecular formula is C12H13NO3S. The largest absolute Gasteiger partial charge is 0.469 e. The highest BCUT2D eigenvalue weighted by Crippen LogP contribution is 2.16. The fraction of sp³-hybridized carbons (Fsp3) is 0.333. The molecule has 4 nitrogen and oxygen atoms in total. The number of carbonyl (C=O) groups is 1. The first-order chi connectivity index (χ1) is 8.22. The molecule has 0 atom stereocenters. The molecule has 0 amide bonds. The summed E-state index contributed by atoms with van der Waals surface area (Å²) in [5, 5.41) is 2.65. The van der Waals surface area contributed by atoms with E-state index in [9.17, 15) is 9.59 Å². The normalized spacial score (nSPS) is 10.6. The van der Waals surface area contributed by atoms with Crippen molar-refractivity contribution in [2.24, 2.45) is 0 Å². The molecule has 0 aliphatic carbocycles. The van der Waals surface area contributed by atoms with Gasteiger partial charge in [0.15, 0.2) is 0 Å². The van der Waals surface area contributed by atoms with Crippen molar-refractivity contribution in [3.05, 3.63) is 34.1 Å². The highest BCUT2D eigenvalue weighted by Gasteiger charge is 2.04. The standard InChI is InChI=1S/C12H13NO3S/c1-16-11(14)3-2-6-13-7-4-10-9(12(13)15)5-8-17-10/h4-5,7-8H,2-3,6H2,1H3. The molecule has 0 saturated carbocycles. The molecule has 0 aliphatic heterocycles. The van der Waals surface area contributed by atoms with Crippen LogP contribution in [0.1, 0.15) is 12.8 Å². The first-order valence-corrected chi connectivity index (χ1v) is 6.24. The number of aryl methyl sites for hydroxylation is 1. The Labute approximate surface area is 102 Å². The van der Waals surface area contributed by atoms with Gasteiger partial charge in [0.05, 0.1) is 12.5 Å². The van der Waals surface area contributed by atoms with Crippen LogP contribution >= 0.6 is 11.3 Å². The molecule has 90 valence electrons. The average Bonchev–Trinajstić information content (AvgIpc) is 2.81. The summed E-state index contributed by atoms with van der Waals surface area (Å²) in [6.07, 6.45) is 2.73. The van der Waals surface area contributed by atoms with Gasteiger partial charge in [-0.25, -0.2) is 0 Å². The Morgan fingerprint density at radius 2 is 2.29 bits per heavy atom. The lowest BCUT2D eigenvalue weighted by Crippen LogP contribution is -2.19. The van der Waals surface area contributed by atoms with Gasteiger partial charge >= 0.3 is 5.97 Å². The predicted molar refractivity (Wildman–Crippen MR) is 67.3 cm³/mol. The summed E-state index contributed by atoms with van der Waals surface area (Å²) in [6.45, 7) is 0.541. The zero-order valence-corrected chi connectivity index (χ0v) is 10.3. The van der Waals surface area contributed by atoms with Gasteiger partial charge in [0.1, 0.15) is 0 Å². The van der Waals surface area contributed by atoms with Crippen LogP contribution < -0.4 is 5.56 Å². The van der Waals surface area contributed by atoms with Crippen LogP contribution in [-0.2, 0) is 16.1 Å². The molecule has 0 unspecified atom stereocenters. The quantitative estimate of drug-likeness (QED) is 0.781. The zero-order valence-electron chi connectivity index (χ0n) is 9.51. The van der Waals surface area contributed by atoms with Gasteiger partial charge in [-0.2, -0.15) is 0 Å². The summed E-state index contributed by atoms with van der Waals surface area (Å²) in [6, 6.07) is 3.76. The lowest BCUT2D eigenvalue weighted by Gasteiger charge is -2.04. The summed E-state index contributed by atoms with van der Waals surface area (Å²) in [5.41, 5.74) is 0.00798. The molecule has 2 aromatic heterocycles. The Hall–Kier alpha value is -1.62. The van der Waals surface area contributed by atoms with Crippen molar-refractivity contribution in [2.45, 2.75) is 19.4 Å². The van der Waals surface area contributed by atoms with Crippen LogP contribution in [0.25, 0.3) is 10.1 Å². The van der Waals surface area contributed by atoms with Crippen LogP contribution in [0, 0.1) is 0 Å². The van der Waals surface area contributed by atoms with Crippen molar-refractivity contribution in [2.75, 3.05) is 7.11 Å². The van der Waals surface area contributed by atoms with Crippen molar-refractivity contribution in [1.82, 2.24) is 4.57 Å². The van der Waals surface area contributed by atoms with Crippen LogP contribution in [0.5, 0.6) is 0 Å². The third kappa shape index (κ3) is 2.55. The van der Waals surface area contributed by atoms with Gasteiger partial charge in [0.2, 0.25) is 0 Å². The molecule has 17 heavy (non-hydrogen) atoms. The number of hydrogen-bond donors (Lipinski definition) is 0. The summed E-state index contributed by atoms with van der Waals surface area (Å²) in [7, 11) is 1.37. The molecule has 2 heterocycles. The highest BCUT2D eigenvalue weighted by atomic mass is 32.1. The second-order valence-corrected chi connectivity index (χ2v) is 4.64. The Morgan fingerprint density at radius 3 is 3.06 bits per heavy atom. The number of thiophene rings is 1. The minimum atomic E-state index is -0.241. The van der Waals surface area contributed by atoms with E-state index in [1.54, 1.807) is 22.1 Å². The molecular weight excluding hydrogens is 238 g/mol. The summed E-state index contributed by atoms with van der Waals surface area (Å²) in [4.78, 5) is 22.9. The highest BCUT2D eigenvalue weighted by molar-refractivity contribution is 7.17. The second-order valence-electron chi connectivity index (χ2n) is 3.69. The zero-order chi connectivity index (χ0) is 12.3. The third-order valence-electron chi connectivity index (χ3n) is 2.60. The van der Waals surface area contributed by atoms with Crippen molar-refractivity contribution < 1.29 is 9.53 Å². The number of nitrogens with zero attached hydrogens (tertiary/aromatic N) is 1. The van der Waals surface area contributed by atoms with E-state index >= 15 is 0 Å². The number of carbonyl (C=O) groups excluding carboxylic acids is 1. The van der Waals surface area contributed by atoms with Crippen LogP contribution in [-0.4, -0.2) is 17.6 Å². The molecule has 0 saturated heterocycles. The number of ether oxygens (including phenoxy) is 1. The number of pyridine rings is 1. The topological polar surface area (TPSA) is 48.3 Å². The molecule has 0 aromatic carbocycles. The van der Waals surface area contributed by atoms with Gasteiger partial charge in [-0.05, 0) is 23.9 Å². The first-order valence-electron chi connectivity index (χ1n) is 5.36. The van der Waals surface area contributed by atoms with Crippen molar-refractivity contribution >= 4 is 27.4 Å². The van der Waals surface area contributed by atoms with Gasteiger partial charge in [0.25, 0.3) is 5.56 Å². The first kappa shape index (κ1) is 11.9. The number of rotatable bonds is 4. The van der Waals surface area contributed by atoms with E-state index in [1.165, 1.54) is 7.11 Å². The minimum absolute atomic E-state index is 0.00798. The van der Waals surface area contributed by atoms with E-state index in [-0.39, 0.29) is 11.5 Å². The Bertz CT molecular complexity index is 585. The lowest BCUT2D eigenvalue weighted by atomic mass is 10.3. The molecule has 0 aliphatic rings. The summed E-state index contributed by atoms with van der Waals surface area (Å²) in [5.74, 6) is -0.241. The van der Waals surface area contributed by atoms with E-state index in [4.69, 9.17) is 0 Å². The molecule has 0 radical (unpaired) electrons. The van der Waals surface area contributed by atoms with Crippen LogP contribution in [0.2, 0.25) is 0 Å². The average molecular weight is 251 g/mol. The fourth-order valence-corrected chi connectivity index (χ4v) is 2.45. The molecule has 0 fully saturated rings. The van der Waals surface area contributed by atoms with Crippen molar-refractivity contribution in [3.63, 3.8) is 0 Å². The summed E-state index contributed by atoms with van der Waals surface area (Å²) >= 11 is 1.56. The Morgan fingerprint density at radius 1 is 1.47 bits per heavy atom. The smallest absolute Gasteiger partial charge is 0.305 e. The Kier molecular flexibility index (Phi) is 3.58. The molecule has 2 aromatic rings. The van der Waals surface area contributed by atoms with Gasteiger partial charge < -0.3 is 9.30 Å². The minimum Gasteiger partial charge on any atom is -0.469 e. The van der Waals surface area contributed by atoms with Crippen molar-refractivity contribution in [3.8, 4) is 0 Å². The maximum absolute atomic E-state index is 12.0. The van der Waals surface area contributed by atoms with Crippen LogP contribution in [0.4, 0.5) is 0 Å². The Balaban J connectivity index is 2.11. The van der Waals surface area contributed by atoms with E-state index in [2.05, 4.69) is 4.74 Å². The molecule has 5 heteroatoms. The van der Waals surface area contributed by atoms with Gasteiger partial charge in [-0.3, -0.25) is 9.59 Å². The van der Waals surface area contributed by atoms with Crippen molar-refractivity contribution in [1.29, 1.82) is 0 Å². The number of aromatic nitrogens is 1. The van der Waals surface area contributed by atoms with E-state index in [1.807, 2.05) is 17.5 Å². The van der Waals surface area contributed by atoms with E-state index in [0.717, 1.165) is 10.1 Å². The lowest BCUT2D eigenvalue weighted by molar-refractivity contribution is -0.140. The third-order valence-corrected chi connectivity index (χ3v) is 3.48. The monoisotopic (exact) mass is 251 g/mol. The SMILES string of the molecule is COC(=O)CCCn1ccc2sccc2c1=O. The van der Waals surface area contributed by atoms with Gasteiger partial charge in [-0.15, -0.1) is 11.3 Å². The van der Waals surface area contributed by atoms with Gasteiger partial charge in [-0.1, -0.05) is 0 Å². The van der Waals surface area contributed by atoms with E-state index in [0.29, 0.717) is 19.4 Å². The summed E-state index contributed by atoms with van der Waals surface area (Å²) < 4.78 is 7.19. The number of hydrogen-bond acceptors (Lipinski definition) is 4. The number of methoxy groups -OCH3 is 1. The molecule has 0 N–H and O–H groups in total. The number of fused-ring (bicyclic) bond motifs is 1. The van der Waals surface area contributed by atoms with E-state index < -0.39 is 0 Å². The number of esters is 1. The molecule has 0 bridgehead atoms. The maximum Gasteiger partial charge on any atom is 0.305 e. The molecule has 2 rings (SSSR count). The predicted octanol–water partition coefficient (Wildman–Crippen LogP) is 2.02.